The van der Waals surface area contributed by atoms with Crippen molar-refractivity contribution in [1.82, 2.24) is 0 Å². The van der Waals surface area contributed by atoms with E-state index in [2.05, 4.69) is 84.3 Å². The molecule has 1 fully saturated rings. The Morgan fingerprint density at radius 2 is 1.62 bits per heavy atom. The van der Waals surface area contributed by atoms with Crippen LogP contribution in [0.2, 0.25) is 0 Å². The first-order valence-corrected chi connectivity index (χ1v) is 14.9. The molecular formula is C34H66N2O. The van der Waals surface area contributed by atoms with Crippen molar-refractivity contribution in [2.45, 2.75) is 147 Å². The molecule has 1 aliphatic carbocycles. The summed E-state index contributed by atoms with van der Waals surface area (Å²) in [5, 5.41) is 0. The molecule has 2 rings (SSSR count). The van der Waals surface area contributed by atoms with Gasteiger partial charge in [-0.1, -0.05) is 127 Å². The van der Waals surface area contributed by atoms with E-state index in [1.165, 1.54) is 37.3 Å². The average Bonchev–Trinajstić information content (AvgIpc) is 3.21. The minimum Gasteiger partial charge on any atom is -0.325 e. The van der Waals surface area contributed by atoms with E-state index in [1.54, 1.807) is 13.1 Å². The Hall–Kier alpha value is -1.74. The molecule has 3 heteroatoms. The van der Waals surface area contributed by atoms with Gasteiger partial charge in [0.15, 0.2) is 5.78 Å². The zero-order valence-electron chi connectivity index (χ0n) is 27.7. The van der Waals surface area contributed by atoms with Crippen molar-refractivity contribution in [1.29, 1.82) is 0 Å². The summed E-state index contributed by atoms with van der Waals surface area (Å²) in [5.74, 6) is 1.55. The van der Waals surface area contributed by atoms with E-state index in [4.69, 9.17) is 5.73 Å². The highest BCUT2D eigenvalue weighted by atomic mass is 16.1. The number of hydrogen-bond acceptors (Lipinski definition) is 3. The molecule has 0 bridgehead atoms. The number of allylic oxidation sites excluding steroid dienone is 1. The summed E-state index contributed by atoms with van der Waals surface area (Å²) in [6, 6.07) is 8.85. The Morgan fingerprint density at radius 3 is 1.92 bits per heavy atom. The average molecular weight is 519 g/mol. The minimum atomic E-state index is -0.0805. The van der Waals surface area contributed by atoms with Crippen LogP contribution < -0.4 is 5.73 Å². The van der Waals surface area contributed by atoms with E-state index in [9.17, 15) is 4.79 Å². The fraction of sp³-hybridized carbons (Fsp3) is 0.706. The minimum absolute atomic E-state index is 0.0805. The number of Topliss-reactive ketones (excluding diaryl/α,β-unsaturated/α-hetero) is 1. The van der Waals surface area contributed by atoms with Gasteiger partial charge in [0.05, 0.1) is 5.70 Å². The maximum absolute atomic E-state index is 10.3. The largest absolute Gasteiger partial charge is 0.325 e. The first kappa shape index (κ1) is 42.4. The molecule has 3 atom stereocenters. The van der Waals surface area contributed by atoms with Crippen LogP contribution in [0, 0.1) is 11.8 Å². The van der Waals surface area contributed by atoms with Crippen molar-refractivity contribution in [3.05, 3.63) is 47.7 Å². The molecule has 0 amide bonds. The van der Waals surface area contributed by atoms with E-state index >= 15 is 0 Å². The molecule has 0 aromatic heterocycles. The second kappa shape index (κ2) is 24.6. The van der Waals surface area contributed by atoms with Gasteiger partial charge in [0.1, 0.15) is 0 Å². The summed E-state index contributed by atoms with van der Waals surface area (Å²) >= 11 is 0. The standard InChI is InChI=1S/C12H18.C10H21N.C6H9NO.3C2H6/c1-5-10-7-6-8-11(9-10)12(2,3)4;1-4-9-6-8(3)7-10(9,11)5-2;1-4-7-5(2)6(3)8;3*1-2/h6-9H,5H2,1-4H3;8-9H,4-7,11H2,1-3H3;4H,2H2,1,3H3;3*1-2H3/t;8?,9-,10-;;;;/m.0..../s1. The molecule has 37 heavy (non-hydrogen) atoms. The SMILES string of the molecule is C=C(N=CC)C(C)=O.CC.CC.CC.CC[C@H]1CC(C)C[C@@]1(N)CC.CCc1cccc(C(C)(C)C)c1. The van der Waals surface area contributed by atoms with Crippen LogP contribution in [0.1, 0.15) is 141 Å². The lowest BCUT2D eigenvalue weighted by Crippen LogP contribution is -2.42. The molecule has 2 N–H and O–H groups in total. The van der Waals surface area contributed by atoms with Gasteiger partial charge < -0.3 is 5.73 Å². The van der Waals surface area contributed by atoms with Crippen molar-refractivity contribution in [3.8, 4) is 0 Å². The summed E-state index contributed by atoms with van der Waals surface area (Å²) in [4.78, 5) is 14.0. The van der Waals surface area contributed by atoms with Gasteiger partial charge in [-0.25, -0.2) is 0 Å². The molecular weight excluding hydrogens is 452 g/mol. The number of aryl methyl sites for hydroxylation is 1. The monoisotopic (exact) mass is 519 g/mol. The number of nitrogens with two attached hydrogens (primary N) is 1. The van der Waals surface area contributed by atoms with Crippen molar-refractivity contribution in [2.24, 2.45) is 22.6 Å². The number of nitrogens with zero attached hydrogens (tertiary/aromatic N) is 1. The molecule has 1 saturated carbocycles. The third-order valence-electron chi connectivity index (χ3n) is 6.27. The Balaban J connectivity index is -0.000000203. The van der Waals surface area contributed by atoms with Gasteiger partial charge in [-0.15, -0.1) is 0 Å². The fourth-order valence-corrected chi connectivity index (χ4v) is 4.13. The lowest BCUT2D eigenvalue weighted by Gasteiger charge is -2.29. The van der Waals surface area contributed by atoms with Crippen LogP contribution in [0.3, 0.4) is 0 Å². The highest BCUT2D eigenvalue weighted by molar-refractivity contribution is 5.93. The first-order chi connectivity index (χ1) is 17.3. The normalized spacial score (nSPS) is 19.7. The zero-order valence-corrected chi connectivity index (χ0v) is 27.7. The lowest BCUT2D eigenvalue weighted by atomic mass is 9.84. The summed E-state index contributed by atoms with van der Waals surface area (Å²) in [6.45, 7) is 34.3. The second-order valence-electron chi connectivity index (χ2n) is 9.93. The van der Waals surface area contributed by atoms with E-state index < -0.39 is 0 Å². The van der Waals surface area contributed by atoms with Gasteiger partial charge in [-0.2, -0.15) is 0 Å². The van der Waals surface area contributed by atoms with Crippen LogP contribution in [0.15, 0.2) is 41.5 Å². The third kappa shape index (κ3) is 19.1. The smallest absolute Gasteiger partial charge is 0.177 e. The van der Waals surface area contributed by atoms with Gasteiger partial charge in [-0.3, -0.25) is 9.79 Å². The molecule has 218 valence electrons. The van der Waals surface area contributed by atoms with Crippen LogP contribution in [0.25, 0.3) is 0 Å². The van der Waals surface area contributed by atoms with Crippen LogP contribution in [0.4, 0.5) is 0 Å². The van der Waals surface area contributed by atoms with Crippen LogP contribution in [0.5, 0.6) is 0 Å². The van der Waals surface area contributed by atoms with Crippen molar-refractivity contribution >= 4 is 12.0 Å². The molecule has 1 unspecified atom stereocenters. The predicted octanol–water partition coefficient (Wildman–Crippen LogP) is 10.4. The highest BCUT2D eigenvalue weighted by Gasteiger charge is 2.39. The van der Waals surface area contributed by atoms with E-state index in [-0.39, 0.29) is 16.7 Å². The molecule has 0 saturated heterocycles. The number of hydrogen-bond donors (Lipinski definition) is 1. The van der Waals surface area contributed by atoms with E-state index in [0.29, 0.717) is 5.70 Å². The number of ketones is 1. The van der Waals surface area contributed by atoms with E-state index in [0.717, 1.165) is 24.7 Å². The highest BCUT2D eigenvalue weighted by Crippen LogP contribution is 2.41. The Morgan fingerprint density at radius 1 is 1.11 bits per heavy atom. The van der Waals surface area contributed by atoms with Crippen molar-refractivity contribution in [3.63, 3.8) is 0 Å². The number of carbonyl (C=O) groups is 1. The van der Waals surface area contributed by atoms with Crippen LogP contribution in [-0.4, -0.2) is 17.5 Å². The van der Waals surface area contributed by atoms with E-state index in [1.807, 2.05) is 41.5 Å². The molecule has 0 aliphatic heterocycles. The van der Waals surface area contributed by atoms with Crippen molar-refractivity contribution in [2.75, 3.05) is 0 Å². The third-order valence-corrected chi connectivity index (χ3v) is 6.27. The maximum Gasteiger partial charge on any atom is 0.177 e. The Bertz CT molecular complexity index is 715. The Labute approximate surface area is 233 Å². The molecule has 3 nitrogen and oxygen atoms in total. The molecule has 1 aliphatic rings. The summed E-state index contributed by atoms with van der Waals surface area (Å²) in [6.07, 6.45) is 7.67. The molecule has 0 radical (unpaired) electrons. The summed E-state index contributed by atoms with van der Waals surface area (Å²) in [7, 11) is 0. The molecule has 0 spiro atoms. The topological polar surface area (TPSA) is 55.5 Å². The van der Waals surface area contributed by atoms with Gasteiger partial charge in [-0.05, 0) is 61.0 Å². The number of rotatable bonds is 5. The fourth-order valence-electron chi connectivity index (χ4n) is 4.13. The Kier molecular flexibility index (Phi) is 28.1. The van der Waals surface area contributed by atoms with Gasteiger partial charge in [0, 0.05) is 18.7 Å². The molecule has 1 aromatic carbocycles. The molecule has 1 aromatic rings. The predicted molar refractivity (Wildman–Crippen MR) is 172 cm³/mol. The number of aliphatic imine (C=N–C) groups is 1. The second-order valence-corrected chi connectivity index (χ2v) is 9.93. The summed E-state index contributed by atoms with van der Waals surface area (Å²) in [5.41, 5.74) is 9.94. The number of carbonyl (C=O) groups excluding carboxylic acids is 1. The molecule has 0 heterocycles. The first-order valence-electron chi connectivity index (χ1n) is 14.9. The quantitative estimate of drug-likeness (QED) is 0.311. The van der Waals surface area contributed by atoms with Gasteiger partial charge in [0.25, 0.3) is 0 Å². The van der Waals surface area contributed by atoms with Gasteiger partial charge in [0.2, 0.25) is 0 Å². The maximum atomic E-state index is 10.3. The zero-order chi connectivity index (χ0) is 30.2. The van der Waals surface area contributed by atoms with Gasteiger partial charge >= 0.3 is 0 Å². The number of benzene rings is 1. The van der Waals surface area contributed by atoms with Crippen LogP contribution >= 0.6 is 0 Å². The lowest BCUT2D eigenvalue weighted by molar-refractivity contribution is -0.113. The van der Waals surface area contributed by atoms with Crippen molar-refractivity contribution < 1.29 is 4.79 Å². The van der Waals surface area contributed by atoms with Crippen LogP contribution in [-0.2, 0) is 16.6 Å². The summed E-state index contributed by atoms with van der Waals surface area (Å²) < 4.78 is 0.